The number of likely N-dealkylation sites (N-methyl/N-ethyl adjacent to an activating group) is 1. The van der Waals surface area contributed by atoms with Gasteiger partial charge in [0.05, 0.1) is 5.71 Å². The fourth-order valence-corrected chi connectivity index (χ4v) is 2.62. The molecule has 3 nitrogen and oxygen atoms in total. The zero-order chi connectivity index (χ0) is 14.1. The fraction of sp³-hybridized carbons (Fsp3) is 0.800. The number of nitrogens with zero attached hydrogens (tertiary/aromatic N) is 2. The molecule has 0 spiro atoms. The molecule has 1 heterocycles. The third-order valence-corrected chi connectivity index (χ3v) is 3.59. The van der Waals surface area contributed by atoms with Crippen molar-refractivity contribution in [2.75, 3.05) is 7.05 Å². The molecule has 0 aliphatic carbocycles. The molecule has 0 saturated heterocycles. The highest BCUT2D eigenvalue weighted by atomic mass is 15.5. The van der Waals surface area contributed by atoms with Crippen LogP contribution in [0.15, 0.2) is 16.2 Å². The van der Waals surface area contributed by atoms with Gasteiger partial charge in [-0.05, 0) is 50.7 Å². The zero-order valence-electron chi connectivity index (χ0n) is 13.3. The first-order valence-electron chi connectivity index (χ1n) is 6.83. The molecule has 0 aromatic carbocycles. The van der Waals surface area contributed by atoms with Gasteiger partial charge in [0.15, 0.2) is 0 Å². The second-order valence-corrected chi connectivity index (χ2v) is 6.80. The molecule has 0 fully saturated rings. The monoisotopic (exact) mass is 251 g/mol. The molecule has 1 N–H and O–H groups in total. The van der Waals surface area contributed by atoms with Crippen molar-refractivity contribution in [3.63, 3.8) is 0 Å². The molecule has 18 heavy (non-hydrogen) atoms. The Morgan fingerprint density at radius 3 is 2.33 bits per heavy atom. The third kappa shape index (κ3) is 3.84. The molecule has 0 bridgehead atoms. The van der Waals surface area contributed by atoms with Crippen molar-refractivity contribution in [2.24, 2.45) is 10.5 Å². The molecule has 1 aliphatic rings. The number of rotatable bonds is 3. The number of hydrazone groups is 1. The fourth-order valence-electron chi connectivity index (χ4n) is 2.62. The van der Waals surface area contributed by atoms with E-state index in [1.807, 2.05) is 12.1 Å². The largest absolute Gasteiger partial charge is 0.290 e. The molecule has 1 aliphatic heterocycles. The van der Waals surface area contributed by atoms with E-state index in [0.717, 1.165) is 12.1 Å². The van der Waals surface area contributed by atoms with Crippen LogP contribution in [-0.4, -0.2) is 30.0 Å². The van der Waals surface area contributed by atoms with Crippen LogP contribution in [0.2, 0.25) is 0 Å². The molecule has 0 aromatic heterocycles. The van der Waals surface area contributed by atoms with E-state index in [9.17, 15) is 0 Å². The Morgan fingerprint density at radius 2 is 1.83 bits per heavy atom. The minimum atomic E-state index is 0.228. The smallest absolute Gasteiger partial charge is 0.118 e. The molecule has 0 amide bonds. The van der Waals surface area contributed by atoms with Crippen molar-refractivity contribution in [1.29, 1.82) is 0 Å². The molecular weight excluding hydrogens is 222 g/mol. The highest BCUT2D eigenvalue weighted by molar-refractivity contribution is 5.98. The van der Waals surface area contributed by atoms with Gasteiger partial charge in [-0.25, -0.2) is 0 Å². The van der Waals surface area contributed by atoms with Crippen LogP contribution >= 0.6 is 0 Å². The first-order chi connectivity index (χ1) is 8.11. The lowest BCUT2D eigenvalue weighted by molar-refractivity contribution is 0.202. The maximum atomic E-state index is 4.57. The van der Waals surface area contributed by atoms with Crippen molar-refractivity contribution in [3.8, 4) is 0 Å². The summed E-state index contributed by atoms with van der Waals surface area (Å²) in [5.41, 5.74) is 4.17. The van der Waals surface area contributed by atoms with Gasteiger partial charge < -0.3 is 0 Å². The van der Waals surface area contributed by atoms with E-state index >= 15 is 0 Å². The maximum Gasteiger partial charge on any atom is 0.118 e. The van der Waals surface area contributed by atoms with E-state index in [4.69, 9.17) is 0 Å². The highest BCUT2D eigenvalue weighted by Crippen LogP contribution is 2.23. The Kier molecular flexibility index (Phi) is 4.60. The predicted octanol–water partition coefficient (Wildman–Crippen LogP) is 3.38. The lowest BCUT2D eigenvalue weighted by Gasteiger charge is -2.36. The van der Waals surface area contributed by atoms with Crippen LogP contribution in [0.4, 0.5) is 0 Å². The van der Waals surface area contributed by atoms with Gasteiger partial charge in [0, 0.05) is 13.1 Å². The van der Waals surface area contributed by atoms with Crippen LogP contribution in [0.25, 0.3) is 0 Å². The third-order valence-electron chi connectivity index (χ3n) is 3.59. The summed E-state index contributed by atoms with van der Waals surface area (Å²) in [6.07, 6.45) is 1.39. The molecule has 0 saturated carbocycles. The number of hydrogen-bond acceptors (Lipinski definition) is 3. The van der Waals surface area contributed by atoms with Gasteiger partial charge in [-0.2, -0.15) is 5.10 Å². The Hall–Kier alpha value is -0.830. The highest BCUT2D eigenvalue weighted by Gasteiger charge is 2.25. The molecule has 104 valence electrons. The molecule has 1 rings (SSSR count). The van der Waals surface area contributed by atoms with Crippen LogP contribution in [0.1, 0.15) is 54.9 Å². The summed E-state index contributed by atoms with van der Waals surface area (Å²) in [6, 6.07) is 0.480. The second kappa shape index (κ2) is 5.43. The van der Waals surface area contributed by atoms with Crippen LogP contribution in [0.3, 0.4) is 0 Å². The summed E-state index contributed by atoms with van der Waals surface area (Å²) >= 11 is 0. The van der Waals surface area contributed by atoms with E-state index in [1.165, 1.54) is 11.1 Å². The summed E-state index contributed by atoms with van der Waals surface area (Å²) in [5.74, 6) is 0. The zero-order valence-corrected chi connectivity index (χ0v) is 13.3. The van der Waals surface area contributed by atoms with Gasteiger partial charge in [-0.1, -0.05) is 20.8 Å². The van der Waals surface area contributed by atoms with Gasteiger partial charge in [-0.3, -0.25) is 10.3 Å². The van der Waals surface area contributed by atoms with E-state index in [-0.39, 0.29) is 6.17 Å². The van der Waals surface area contributed by atoms with E-state index < -0.39 is 0 Å². The molecule has 0 radical (unpaired) electrons. The Morgan fingerprint density at radius 1 is 1.28 bits per heavy atom. The number of nitrogens with one attached hydrogen (secondary N) is 1. The number of allylic oxidation sites excluding steroid dienone is 1. The SMILES string of the molecule is CC1=NN(C)C(N[C@H](C)CC(C)(C)C)C(C)=C1C. The summed E-state index contributed by atoms with van der Waals surface area (Å²) in [6.45, 7) is 15.5. The summed E-state index contributed by atoms with van der Waals surface area (Å²) < 4.78 is 0. The average Bonchev–Trinajstić information content (AvgIpc) is 2.19. The molecule has 0 aromatic rings. The van der Waals surface area contributed by atoms with Crippen LogP contribution in [-0.2, 0) is 0 Å². The lowest BCUT2D eigenvalue weighted by atomic mass is 9.88. The summed E-state index contributed by atoms with van der Waals surface area (Å²) in [5, 5.41) is 10.3. The maximum absolute atomic E-state index is 4.57. The second-order valence-electron chi connectivity index (χ2n) is 6.80. The van der Waals surface area contributed by atoms with Crippen LogP contribution < -0.4 is 5.32 Å². The topological polar surface area (TPSA) is 27.6 Å². The van der Waals surface area contributed by atoms with Crippen molar-refractivity contribution < 1.29 is 0 Å². The van der Waals surface area contributed by atoms with Gasteiger partial charge in [0.1, 0.15) is 6.17 Å². The summed E-state index contributed by atoms with van der Waals surface area (Å²) in [7, 11) is 2.04. The summed E-state index contributed by atoms with van der Waals surface area (Å²) in [4.78, 5) is 0. The molecule has 1 unspecified atom stereocenters. The van der Waals surface area contributed by atoms with Gasteiger partial charge in [-0.15, -0.1) is 0 Å². The molecule has 3 heteroatoms. The first kappa shape index (κ1) is 15.2. The van der Waals surface area contributed by atoms with Gasteiger partial charge in [0.2, 0.25) is 0 Å². The Labute approximate surface area is 112 Å². The minimum Gasteiger partial charge on any atom is -0.290 e. The van der Waals surface area contributed by atoms with Crippen LogP contribution in [0.5, 0.6) is 0 Å². The van der Waals surface area contributed by atoms with E-state index in [1.54, 1.807) is 0 Å². The Bertz CT molecular complexity index is 360. The van der Waals surface area contributed by atoms with Gasteiger partial charge >= 0.3 is 0 Å². The number of hydrogen-bond donors (Lipinski definition) is 1. The van der Waals surface area contributed by atoms with Crippen molar-refractivity contribution >= 4 is 5.71 Å². The quantitative estimate of drug-likeness (QED) is 0.832. The van der Waals surface area contributed by atoms with Crippen LogP contribution in [0, 0.1) is 5.41 Å². The van der Waals surface area contributed by atoms with E-state index in [0.29, 0.717) is 11.5 Å². The Balaban J connectivity index is 2.74. The van der Waals surface area contributed by atoms with E-state index in [2.05, 4.69) is 58.9 Å². The molecule has 2 atom stereocenters. The van der Waals surface area contributed by atoms with Crippen molar-refractivity contribution in [1.82, 2.24) is 10.3 Å². The predicted molar refractivity (Wildman–Crippen MR) is 79.7 cm³/mol. The van der Waals surface area contributed by atoms with Crippen molar-refractivity contribution in [3.05, 3.63) is 11.1 Å². The normalized spacial score (nSPS) is 23.2. The van der Waals surface area contributed by atoms with Gasteiger partial charge in [0.25, 0.3) is 0 Å². The lowest BCUT2D eigenvalue weighted by Crippen LogP contribution is -2.49. The average molecular weight is 251 g/mol. The van der Waals surface area contributed by atoms with Crippen molar-refractivity contribution in [2.45, 2.75) is 67.1 Å². The standard InChI is InChI=1S/C15H29N3/c1-10(9-15(5,6)7)16-14-12(3)11(2)13(4)17-18(14)8/h10,14,16H,9H2,1-8H3/t10-,14?/m1/s1. The molecular formula is C15H29N3. The first-order valence-corrected chi connectivity index (χ1v) is 6.83. The minimum absolute atomic E-state index is 0.228.